The number of amides is 1. The maximum atomic E-state index is 12.4. The van der Waals surface area contributed by atoms with Crippen LogP contribution in [0.15, 0.2) is 40.0 Å². The molecule has 1 aromatic carbocycles. The number of carbonyl (C=O) groups is 1. The lowest BCUT2D eigenvalue weighted by atomic mass is 10.3. The summed E-state index contributed by atoms with van der Waals surface area (Å²) < 4.78 is 5.48. The Morgan fingerprint density at radius 3 is 2.71 bits per heavy atom. The zero-order valence-corrected chi connectivity index (χ0v) is 13.8. The summed E-state index contributed by atoms with van der Waals surface area (Å²) in [6.45, 7) is 1.84. The lowest BCUT2D eigenvalue weighted by Crippen LogP contribution is -2.33. The molecule has 1 unspecified atom stereocenters. The minimum atomic E-state index is -0.294. The topological polar surface area (TPSA) is 59.2 Å². The maximum Gasteiger partial charge on any atom is 0.277 e. The molecule has 0 N–H and O–H groups in total. The first kappa shape index (κ1) is 15.9. The fourth-order valence-corrected chi connectivity index (χ4v) is 2.88. The Labute approximate surface area is 132 Å². The van der Waals surface area contributed by atoms with E-state index in [4.69, 9.17) is 4.42 Å². The molecule has 2 aromatic rings. The fourth-order valence-electron chi connectivity index (χ4n) is 1.72. The summed E-state index contributed by atoms with van der Waals surface area (Å²) in [5.41, 5.74) is 0.864. The van der Waals surface area contributed by atoms with E-state index < -0.39 is 0 Å². The Morgan fingerprint density at radius 2 is 2.05 bits per heavy atom. The van der Waals surface area contributed by atoms with Crippen molar-refractivity contribution in [2.45, 2.75) is 23.1 Å². The second-order valence-corrected chi connectivity index (χ2v) is 6.55. The highest BCUT2D eigenvalue weighted by atomic mass is 32.2. The van der Waals surface area contributed by atoms with Crippen molar-refractivity contribution >= 4 is 35.1 Å². The van der Waals surface area contributed by atoms with Gasteiger partial charge in [0, 0.05) is 12.7 Å². The van der Waals surface area contributed by atoms with Gasteiger partial charge in [0.15, 0.2) is 0 Å². The number of rotatable bonds is 6. The summed E-state index contributed by atoms with van der Waals surface area (Å²) in [6, 6.07) is 9.54. The first-order valence-corrected chi connectivity index (χ1v) is 8.69. The molecular formula is C14H17N3O2S2. The molecular weight excluding hydrogens is 306 g/mol. The van der Waals surface area contributed by atoms with E-state index in [0.717, 1.165) is 5.69 Å². The monoisotopic (exact) mass is 323 g/mol. The largest absolute Gasteiger partial charge is 0.415 e. The summed E-state index contributed by atoms with van der Waals surface area (Å²) in [6.07, 6.45) is 1.97. The number of hydrogen-bond donors (Lipinski definition) is 0. The van der Waals surface area contributed by atoms with Crippen molar-refractivity contribution in [2.24, 2.45) is 0 Å². The summed E-state index contributed by atoms with van der Waals surface area (Å²) in [5.74, 6) is 1.26. The molecule has 0 radical (unpaired) electrons. The third-order valence-corrected chi connectivity index (χ3v) is 4.27. The van der Waals surface area contributed by atoms with E-state index in [1.165, 1.54) is 11.8 Å². The molecule has 0 aliphatic rings. The molecule has 1 atom stereocenters. The Morgan fingerprint density at radius 1 is 1.33 bits per heavy atom. The molecule has 1 amide bonds. The first-order valence-electron chi connectivity index (χ1n) is 6.42. The van der Waals surface area contributed by atoms with Gasteiger partial charge in [-0.2, -0.15) is 11.8 Å². The van der Waals surface area contributed by atoms with Crippen molar-refractivity contribution in [3.8, 4) is 0 Å². The van der Waals surface area contributed by atoms with Gasteiger partial charge in [-0.1, -0.05) is 30.0 Å². The molecule has 1 aromatic heterocycles. The summed E-state index contributed by atoms with van der Waals surface area (Å²) in [5, 5.41) is 8.03. The average molecular weight is 323 g/mol. The third kappa shape index (κ3) is 4.25. The highest BCUT2D eigenvalue weighted by Gasteiger charge is 2.22. The highest BCUT2D eigenvalue weighted by molar-refractivity contribution is 8.00. The molecule has 1 heterocycles. The zero-order valence-electron chi connectivity index (χ0n) is 12.1. The van der Waals surface area contributed by atoms with Crippen LogP contribution in [0.2, 0.25) is 0 Å². The van der Waals surface area contributed by atoms with Crippen LogP contribution in [-0.2, 0) is 10.5 Å². The van der Waals surface area contributed by atoms with E-state index in [1.54, 1.807) is 23.7 Å². The maximum absolute atomic E-state index is 12.4. The van der Waals surface area contributed by atoms with E-state index >= 15 is 0 Å². The predicted molar refractivity (Wildman–Crippen MR) is 86.7 cm³/mol. The van der Waals surface area contributed by atoms with Crippen molar-refractivity contribution < 1.29 is 9.21 Å². The molecule has 0 spiro atoms. The van der Waals surface area contributed by atoms with Gasteiger partial charge in [0.05, 0.1) is 11.0 Å². The van der Waals surface area contributed by atoms with Gasteiger partial charge in [-0.05, 0) is 25.3 Å². The van der Waals surface area contributed by atoms with Crippen LogP contribution in [0.25, 0.3) is 0 Å². The normalized spacial score (nSPS) is 12.1. The van der Waals surface area contributed by atoms with Crippen LogP contribution in [0.5, 0.6) is 0 Å². The van der Waals surface area contributed by atoms with Crippen LogP contribution in [0.1, 0.15) is 12.8 Å². The second kappa shape index (κ2) is 7.51. The van der Waals surface area contributed by atoms with Crippen molar-refractivity contribution in [1.82, 2.24) is 10.2 Å². The van der Waals surface area contributed by atoms with E-state index in [-0.39, 0.29) is 11.2 Å². The predicted octanol–water partition coefficient (Wildman–Crippen LogP) is 3.08. The van der Waals surface area contributed by atoms with Crippen LogP contribution in [0.3, 0.4) is 0 Å². The number of carbonyl (C=O) groups excluding carboxylic acids is 1. The molecule has 0 saturated carbocycles. The van der Waals surface area contributed by atoms with Gasteiger partial charge < -0.3 is 9.32 Å². The van der Waals surface area contributed by atoms with Crippen LogP contribution < -0.4 is 4.90 Å². The Kier molecular flexibility index (Phi) is 5.69. The molecule has 0 bridgehead atoms. The molecule has 112 valence electrons. The second-order valence-electron chi connectivity index (χ2n) is 4.39. The molecule has 7 heteroatoms. The smallest absolute Gasteiger partial charge is 0.277 e. The summed E-state index contributed by atoms with van der Waals surface area (Å²) in [4.78, 5) is 14.0. The number of aromatic nitrogens is 2. The van der Waals surface area contributed by atoms with E-state index in [0.29, 0.717) is 16.9 Å². The molecule has 0 saturated heterocycles. The van der Waals surface area contributed by atoms with E-state index in [9.17, 15) is 4.79 Å². The third-order valence-electron chi connectivity index (χ3n) is 2.82. The van der Waals surface area contributed by atoms with Gasteiger partial charge in [0.25, 0.3) is 5.22 Å². The minimum Gasteiger partial charge on any atom is -0.415 e. The van der Waals surface area contributed by atoms with E-state index in [2.05, 4.69) is 10.2 Å². The van der Waals surface area contributed by atoms with Gasteiger partial charge in [-0.25, -0.2) is 0 Å². The number of benzene rings is 1. The van der Waals surface area contributed by atoms with Gasteiger partial charge >= 0.3 is 0 Å². The number of thioether (sulfide) groups is 2. The standard InChI is InChI=1S/C14H17N3O2S2/c1-10(21-14-16-15-12(19-14)9-20-3)13(18)17(2)11-7-5-4-6-8-11/h4-8,10H,9H2,1-3H3. The van der Waals surface area contributed by atoms with Crippen molar-refractivity contribution in [1.29, 1.82) is 0 Å². The summed E-state index contributed by atoms with van der Waals surface area (Å²) in [7, 11) is 1.77. The fraction of sp³-hybridized carbons (Fsp3) is 0.357. The number of anilines is 1. The lowest BCUT2D eigenvalue weighted by Gasteiger charge is -2.20. The number of hydrogen-bond acceptors (Lipinski definition) is 6. The Hall–Kier alpha value is -1.47. The quantitative estimate of drug-likeness (QED) is 0.761. The molecule has 0 aliphatic carbocycles. The zero-order chi connectivity index (χ0) is 15.2. The molecule has 21 heavy (non-hydrogen) atoms. The number of nitrogens with zero attached hydrogens (tertiary/aromatic N) is 3. The number of para-hydroxylation sites is 1. The van der Waals surface area contributed by atoms with E-state index in [1.807, 2.05) is 43.5 Å². The molecule has 0 fully saturated rings. The molecule has 5 nitrogen and oxygen atoms in total. The first-order chi connectivity index (χ1) is 10.1. The van der Waals surface area contributed by atoms with Gasteiger partial charge in [0.2, 0.25) is 11.8 Å². The van der Waals surface area contributed by atoms with Crippen LogP contribution in [0.4, 0.5) is 5.69 Å². The van der Waals surface area contributed by atoms with Gasteiger partial charge in [-0.3, -0.25) is 4.79 Å². The van der Waals surface area contributed by atoms with Crippen molar-refractivity contribution in [2.75, 3.05) is 18.2 Å². The van der Waals surface area contributed by atoms with Gasteiger partial charge in [0.1, 0.15) is 0 Å². The minimum absolute atomic E-state index is 0.00387. The molecule has 0 aliphatic heterocycles. The lowest BCUT2D eigenvalue weighted by molar-refractivity contribution is -0.117. The average Bonchev–Trinajstić information content (AvgIpc) is 2.94. The summed E-state index contributed by atoms with van der Waals surface area (Å²) >= 11 is 2.90. The highest BCUT2D eigenvalue weighted by Crippen LogP contribution is 2.25. The van der Waals surface area contributed by atoms with Crippen LogP contribution in [0, 0.1) is 0 Å². The molecule has 2 rings (SSSR count). The SMILES string of the molecule is CSCc1nnc(SC(C)C(=O)N(C)c2ccccc2)o1. The van der Waals surface area contributed by atoms with Crippen molar-refractivity contribution in [3.63, 3.8) is 0 Å². The van der Waals surface area contributed by atoms with Crippen molar-refractivity contribution in [3.05, 3.63) is 36.2 Å². The van der Waals surface area contributed by atoms with Crippen LogP contribution in [-0.4, -0.2) is 34.7 Å². The van der Waals surface area contributed by atoms with Gasteiger partial charge in [-0.15, -0.1) is 10.2 Å². The van der Waals surface area contributed by atoms with Crippen LogP contribution >= 0.6 is 23.5 Å². The Bertz CT molecular complexity index is 589. The Balaban J connectivity index is 1.98.